The van der Waals surface area contributed by atoms with E-state index in [0.29, 0.717) is 5.69 Å². The van der Waals surface area contributed by atoms with Gasteiger partial charge in [0.15, 0.2) is 0 Å². The molecule has 0 spiro atoms. The lowest BCUT2D eigenvalue weighted by atomic mass is 10.1. The smallest absolute Gasteiger partial charge is 0.296 e. The molecule has 0 saturated carbocycles. The van der Waals surface area contributed by atoms with E-state index in [0.717, 1.165) is 18.5 Å². The van der Waals surface area contributed by atoms with Gasteiger partial charge in [0, 0.05) is 6.04 Å². The van der Waals surface area contributed by atoms with Crippen molar-refractivity contribution in [1.82, 2.24) is 5.32 Å². The van der Waals surface area contributed by atoms with Crippen LogP contribution in [-0.2, 0) is 10.2 Å². The summed E-state index contributed by atoms with van der Waals surface area (Å²) >= 11 is 0. The summed E-state index contributed by atoms with van der Waals surface area (Å²) in [5.74, 6) is 0. The van der Waals surface area contributed by atoms with Crippen LogP contribution < -0.4 is 15.2 Å². The van der Waals surface area contributed by atoms with Gasteiger partial charge in [-0.1, -0.05) is 25.1 Å². The molecule has 0 aliphatic rings. The standard InChI is InChI=1S/C11H19N3O2S/c1-3-8-13-9(2)10-6-4-5-7-11(10)14-17(12,15)16/h4-7,9,13-14H,3,8H2,1-2H3,(H2,12,15,16). The van der Waals surface area contributed by atoms with E-state index < -0.39 is 10.2 Å². The highest BCUT2D eigenvalue weighted by Crippen LogP contribution is 2.22. The molecule has 0 amide bonds. The zero-order chi connectivity index (χ0) is 12.9. The molecule has 96 valence electrons. The van der Waals surface area contributed by atoms with E-state index in [2.05, 4.69) is 17.0 Å². The fourth-order valence-corrected chi connectivity index (χ4v) is 2.08. The molecular weight excluding hydrogens is 238 g/mol. The van der Waals surface area contributed by atoms with E-state index in [1.807, 2.05) is 19.1 Å². The Balaban J connectivity index is 2.91. The Labute approximate surface area is 103 Å². The second-order valence-electron chi connectivity index (χ2n) is 3.91. The van der Waals surface area contributed by atoms with Gasteiger partial charge in [0.05, 0.1) is 5.69 Å². The van der Waals surface area contributed by atoms with Crippen molar-refractivity contribution in [2.24, 2.45) is 5.14 Å². The Morgan fingerprint density at radius 3 is 2.59 bits per heavy atom. The zero-order valence-electron chi connectivity index (χ0n) is 10.1. The van der Waals surface area contributed by atoms with Crippen LogP contribution >= 0.6 is 0 Å². The number of hydrogen-bond donors (Lipinski definition) is 3. The average molecular weight is 257 g/mol. The Bertz CT molecular complexity index is 460. The van der Waals surface area contributed by atoms with Gasteiger partial charge in [-0.15, -0.1) is 0 Å². The summed E-state index contributed by atoms with van der Waals surface area (Å²) in [6, 6.07) is 7.28. The van der Waals surface area contributed by atoms with Crippen LogP contribution in [0.3, 0.4) is 0 Å². The van der Waals surface area contributed by atoms with Crippen LogP contribution in [0.4, 0.5) is 5.69 Å². The molecule has 0 aliphatic heterocycles. The van der Waals surface area contributed by atoms with Gasteiger partial charge in [0.2, 0.25) is 0 Å². The minimum absolute atomic E-state index is 0.0698. The summed E-state index contributed by atoms with van der Waals surface area (Å²) in [4.78, 5) is 0. The lowest BCUT2D eigenvalue weighted by Crippen LogP contribution is -2.25. The van der Waals surface area contributed by atoms with Crippen LogP contribution in [0.2, 0.25) is 0 Å². The molecule has 17 heavy (non-hydrogen) atoms. The van der Waals surface area contributed by atoms with Crippen LogP contribution in [-0.4, -0.2) is 15.0 Å². The first-order valence-electron chi connectivity index (χ1n) is 5.57. The number of nitrogens with one attached hydrogen (secondary N) is 2. The highest BCUT2D eigenvalue weighted by Gasteiger charge is 2.12. The molecule has 5 nitrogen and oxygen atoms in total. The molecule has 0 aromatic heterocycles. The number of benzene rings is 1. The fraction of sp³-hybridized carbons (Fsp3) is 0.455. The van der Waals surface area contributed by atoms with Crippen molar-refractivity contribution in [1.29, 1.82) is 0 Å². The van der Waals surface area contributed by atoms with E-state index >= 15 is 0 Å². The molecule has 0 bridgehead atoms. The molecule has 4 N–H and O–H groups in total. The van der Waals surface area contributed by atoms with Crippen molar-refractivity contribution in [3.63, 3.8) is 0 Å². The maximum atomic E-state index is 11.0. The Morgan fingerprint density at radius 1 is 1.35 bits per heavy atom. The highest BCUT2D eigenvalue weighted by atomic mass is 32.2. The minimum Gasteiger partial charge on any atom is -0.310 e. The van der Waals surface area contributed by atoms with Gasteiger partial charge in [0.25, 0.3) is 10.2 Å². The number of rotatable bonds is 6. The van der Waals surface area contributed by atoms with Crippen molar-refractivity contribution >= 4 is 15.9 Å². The Kier molecular flexibility index (Phi) is 4.92. The summed E-state index contributed by atoms with van der Waals surface area (Å²) in [5, 5.41) is 8.28. The maximum absolute atomic E-state index is 11.0. The van der Waals surface area contributed by atoms with Gasteiger partial charge in [0.1, 0.15) is 0 Å². The largest absolute Gasteiger partial charge is 0.310 e. The quantitative estimate of drug-likeness (QED) is 0.719. The Hall–Kier alpha value is -1.11. The maximum Gasteiger partial charge on any atom is 0.296 e. The molecule has 1 atom stereocenters. The third-order valence-corrected chi connectivity index (χ3v) is 2.88. The van der Waals surface area contributed by atoms with E-state index in [1.54, 1.807) is 12.1 Å². The lowest BCUT2D eigenvalue weighted by Gasteiger charge is -2.17. The van der Waals surface area contributed by atoms with E-state index in [4.69, 9.17) is 5.14 Å². The van der Waals surface area contributed by atoms with Crippen molar-refractivity contribution in [2.75, 3.05) is 11.3 Å². The van der Waals surface area contributed by atoms with Crippen LogP contribution in [0.1, 0.15) is 31.9 Å². The van der Waals surface area contributed by atoms with Crippen molar-refractivity contribution in [3.05, 3.63) is 29.8 Å². The molecule has 0 heterocycles. The predicted octanol–water partition coefficient (Wildman–Crippen LogP) is 1.36. The summed E-state index contributed by atoms with van der Waals surface area (Å²) in [6.07, 6.45) is 1.02. The van der Waals surface area contributed by atoms with Crippen LogP contribution in [0.5, 0.6) is 0 Å². The third kappa shape index (κ3) is 4.72. The second-order valence-corrected chi connectivity index (χ2v) is 5.20. The molecule has 1 aromatic carbocycles. The Morgan fingerprint density at radius 2 is 2.00 bits per heavy atom. The van der Waals surface area contributed by atoms with Gasteiger partial charge >= 0.3 is 0 Å². The number of hydrogen-bond acceptors (Lipinski definition) is 3. The first-order valence-corrected chi connectivity index (χ1v) is 7.11. The summed E-state index contributed by atoms with van der Waals surface area (Å²) in [7, 11) is -3.73. The molecule has 0 radical (unpaired) electrons. The van der Waals surface area contributed by atoms with Crippen molar-refractivity contribution < 1.29 is 8.42 Å². The lowest BCUT2D eigenvalue weighted by molar-refractivity contribution is 0.571. The highest BCUT2D eigenvalue weighted by molar-refractivity contribution is 7.90. The van der Waals surface area contributed by atoms with Gasteiger partial charge in [-0.25, -0.2) is 5.14 Å². The van der Waals surface area contributed by atoms with Gasteiger partial charge in [-0.3, -0.25) is 4.72 Å². The van der Waals surface area contributed by atoms with Gasteiger partial charge in [-0.2, -0.15) is 8.42 Å². The minimum atomic E-state index is -3.73. The molecule has 6 heteroatoms. The average Bonchev–Trinajstić information content (AvgIpc) is 2.24. The van der Waals surface area contributed by atoms with E-state index in [1.165, 1.54) is 0 Å². The predicted molar refractivity (Wildman–Crippen MR) is 69.9 cm³/mol. The molecule has 0 aliphatic carbocycles. The first kappa shape index (κ1) is 14.0. The molecule has 1 aromatic rings. The van der Waals surface area contributed by atoms with Gasteiger partial charge < -0.3 is 5.32 Å². The summed E-state index contributed by atoms with van der Waals surface area (Å²) in [5.41, 5.74) is 1.40. The zero-order valence-corrected chi connectivity index (χ0v) is 10.9. The third-order valence-electron chi connectivity index (χ3n) is 2.38. The normalized spacial score (nSPS) is 13.4. The van der Waals surface area contributed by atoms with E-state index in [-0.39, 0.29) is 6.04 Å². The molecule has 1 rings (SSSR count). The molecule has 1 unspecified atom stereocenters. The topological polar surface area (TPSA) is 84.2 Å². The second kappa shape index (κ2) is 6.00. The van der Waals surface area contributed by atoms with Gasteiger partial charge in [-0.05, 0) is 31.5 Å². The van der Waals surface area contributed by atoms with Crippen molar-refractivity contribution in [3.8, 4) is 0 Å². The first-order chi connectivity index (χ1) is 7.94. The molecule has 0 saturated heterocycles. The number of para-hydroxylation sites is 1. The van der Waals surface area contributed by atoms with Crippen LogP contribution in [0.15, 0.2) is 24.3 Å². The molecule has 0 fully saturated rings. The fourth-order valence-electron chi connectivity index (χ4n) is 1.59. The monoisotopic (exact) mass is 257 g/mol. The SMILES string of the molecule is CCCNC(C)c1ccccc1NS(N)(=O)=O. The summed E-state index contributed by atoms with van der Waals surface area (Å²) in [6.45, 7) is 4.94. The van der Waals surface area contributed by atoms with Crippen LogP contribution in [0, 0.1) is 0 Å². The van der Waals surface area contributed by atoms with E-state index in [9.17, 15) is 8.42 Å². The number of anilines is 1. The summed E-state index contributed by atoms with van der Waals surface area (Å²) < 4.78 is 24.4. The molecular formula is C11H19N3O2S. The van der Waals surface area contributed by atoms with Crippen LogP contribution in [0.25, 0.3) is 0 Å². The van der Waals surface area contributed by atoms with Crippen molar-refractivity contribution in [2.45, 2.75) is 26.3 Å². The number of nitrogens with two attached hydrogens (primary N) is 1.